The quantitative estimate of drug-likeness (QED) is 0.812. The maximum absolute atomic E-state index is 9.88. The standard InChI is InChI=1S/C15H23NO2/c1-12-5-3-6-14(9-12)18-11-13(17)10-16-15(2)7-4-8-15/h3,5-6,9,13,16-17H,4,7-8,10-11H2,1-2H3. The van der Waals surface area contributed by atoms with E-state index in [0.29, 0.717) is 13.2 Å². The Labute approximate surface area is 109 Å². The van der Waals surface area contributed by atoms with Crippen LogP contribution in [0.3, 0.4) is 0 Å². The van der Waals surface area contributed by atoms with Crippen molar-refractivity contribution in [2.45, 2.75) is 44.8 Å². The summed E-state index contributed by atoms with van der Waals surface area (Å²) in [6, 6.07) is 7.89. The Kier molecular flexibility index (Phi) is 4.25. The van der Waals surface area contributed by atoms with Crippen molar-refractivity contribution >= 4 is 0 Å². The number of ether oxygens (including phenoxy) is 1. The Balaban J connectivity index is 1.69. The lowest BCUT2D eigenvalue weighted by Gasteiger charge is -2.40. The minimum absolute atomic E-state index is 0.240. The molecule has 0 aliphatic heterocycles. The van der Waals surface area contributed by atoms with Crippen LogP contribution in [0, 0.1) is 6.92 Å². The fourth-order valence-electron chi connectivity index (χ4n) is 2.20. The summed E-state index contributed by atoms with van der Waals surface area (Å²) in [5.74, 6) is 0.823. The molecule has 100 valence electrons. The number of rotatable bonds is 6. The summed E-state index contributed by atoms with van der Waals surface area (Å²) < 4.78 is 5.58. The van der Waals surface area contributed by atoms with E-state index in [2.05, 4.69) is 12.2 Å². The van der Waals surface area contributed by atoms with Gasteiger partial charge in [-0.1, -0.05) is 12.1 Å². The molecule has 3 heteroatoms. The highest BCUT2D eigenvalue weighted by Crippen LogP contribution is 2.30. The monoisotopic (exact) mass is 249 g/mol. The second-order valence-electron chi connectivity index (χ2n) is 5.58. The van der Waals surface area contributed by atoms with Gasteiger partial charge < -0.3 is 15.2 Å². The Morgan fingerprint density at radius 3 is 2.83 bits per heavy atom. The third-order valence-electron chi connectivity index (χ3n) is 3.65. The van der Waals surface area contributed by atoms with E-state index in [4.69, 9.17) is 4.74 Å². The fraction of sp³-hybridized carbons (Fsp3) is 0.600. The van der Waals surface area contributed by atoms with Crippen LogP contribution in [0.1, 0.15) is 31.7 Å². The van der Waals surface area contributed by atoms with Gasteiger partial charge in [-0.05, 0) is 50.8 Å². The predicted octanol–water partition coefficient (Wildman–Crippen LogP) is 2.27. The summed E-state index contributed by atoms with van der Waals surface area (Å²) in [5.41, 5.74) is 1.41. The zero-order chi connectivity index (χ0) is 13.0. The maximum Gasteiger partial charge on any atom is 0.119 e. The molecule has 0 amide bonds. The van der Waals surface area contributed by atoms with Gasteiger partial charge in [0.15, 0.2) is 0 Å². The molecule has 0 radical (unpaired) electrons. The average molecular weight is 249 g/mol. The highest BCUT2D eigenvalue weighted by molar-refractivity contribution is 5.27. The van der Waals surface area contributed by atoms with Crippen LogP contribution in [0.15, 0.2) is 24.3 Å². The molecule has 2 N–H and O–H groups in total. The summed E-state index contributed by atoms with van der Waals surface area (Å²) in [7, 11) is 0. The molecule has 0 heterocycles. The number of aliphatic hydroxyl groups excluding tert-OH is 1. The van der Waals surface area contributed by atoms with Crippen LogP contribution < -0.4 is 10.1 Å². The van der Waals surface area contributed by atoms with Gasteiger partial charge in [0.05, 0.1) is 0 Å². The number of aryl methyl sites for hydroxylation is 1. The number of nitrogens with one attached hydrogen (secondary N) is 1. The van der Waals surface area contributed by atoms with E-state index in [1.807, 2.05) is 31.2 Å². The molecule has 1 unspecified atom stereocenters. The first-order valence-corrected chi connectivity index (χ1v) is 6.70. The van der Waals surface area contributed by atoms with Crippen LogP contribution in [-0.2, 0) is 0 Å². The van der Waals surface area contributed by atoms with E-state index in [1.165, 1.54) is 24.8 Å². The third kappa shape index (κ3) is 3.72. The van der Waals surface area contributed by atoms with Crippen LogP contribution in [0.2, 0.25) is 0 Å². The van der Waals surface area contributed by atoms with Crippen LogP contribution >= 0.6 is 0 Å². The summed E-state index contributed by atoms with van der Waals surface area (Å²) in [6.07, 6.45) is 3.25. The number of benzene rings is 1. The second-order valence-corrected chi connectivity index (χ2v) is 5.58. The van der Waals surface area contributed by atoms with Gasteiger partial charge in [0.25, 0.3) is 0 Å². The maximum atomic E-state index is 9.88. The van der Waals surface area contributed by atoms with Crippen molar-refractivity contribution in [1.29, 1.82) is 0 Å². The Morgan fingerprint density at radius 1 is 1.44 bits per heavy atom. The SMILES string of the molecule is Cc1cccc(OCC(O)CNC2(C)CCC2)c1. The van der Waals surface area contributed by atoms with Gasteiger partial charge in [-0.25, -0.2) is 0 Å². The molecule has 1 fully saturated rings. The first-order chi connectivity index (χ1) is 8.57. The van der Waals surface area contributed by atoms with Crippen molar-refractivity contribution < 1.29 is 9.84 Å². The number of hydrogen-bond acceptors (Lipinski definition) is 3. The van der Waals surface area contributed by atoms with Gasteiger partial charge >= 0.3 is 0 Å². The van der Waals surface area contributed by atoms with Gasteiger partial charge in [0.1, 0.15) is 18.5 Å². The molecule has 1 saturated carbocycles. The average Bonchev–Trinajstić information content (AvgIpc) is 2.31. The first kappa shape index (κ1) is 13.4. The van der Waals surface area contributed by atoms with Crippen molar-refractivity contribution in [1.82, 2.24) is 5.32 Å². The summed E-state index contributed by atoms with van der Waals surface area (Å²) in [4.78, 5) is 0. The van der Waals surface area contributed by atoms with Crippen LogP contribution in [0.4, 0.5) is 0 Å². The van der Waals surface area contributed by atoms with Gasteiger partial charge in [-0.3, -0.25) is 0 Å². The molecule has 1 aliphatic rings. The smallest absolute Gasteiger partial charge is 0.119 e. The number of hydrogen-bond donors (Lipinski definition) is 2. The molecule has 1 aromatic carbocycles. The molecule has 18 heavy (non-hydrogen) atoms. The Hall–Kier alpha value is -1.06. The molecule has 0 saturated heterocycles. The molecular formula is C15H23NO2. The van der Waals surface area contributed by atoms with E-state index in [1.54, 1.807) is 0 Å². The molecular weight excluding hydrogens is 226 g/mol. The lowest BCUT2D eigenvalue weighted by atomic mass is 9.78. The van der Waals surface area contributed by atoms with Crippen molar-refractivity contribution in [3.8, 4) is 5.75 Å². The minimum Gasteiger partial charge on any atom is -0.491 e. The minimum atomic E-state index is -0.456. The summed E-state index contributed by atoms with van der Waals surface area (Å²) >= 11 is 0. The predicted molar refractivity (Wildman–Crippen MR) is 72.9 cm³/mol. The van der Waals surface area contributed by atoms with Crippen LogP contribution in [0.5, 0.6) is 5.75 Å². The number of β-amino-alcohol motifs (C(OH)–C–C–N with tert-alkyl or cyclic N) is 1. The molecule has 0 bridgehead atoms. The molecule has 3 nitrogen and oxygen atoms in total. The molecule has 0 spiro atoms. The zero-order valence-corrected chi connectivity index (χ0v) is 11.3. The molecule has 0 aromatic heterocycles. The van der Waals surface area contributed by atoms with E-state index in [-0.39, 0.29) is 5.54 Å². The Morgan fingerprint density at radius 2 is 2.22 bits per heavy atom. The van der Waals surface area contributed by atoms with Crippen LogP contribution in [-0.4, -0.2) is 29.9 Å². The van der Waals surface area contributed by atoms with E-state index in [9.17, 15) is 5.11 Å². The Bertz CT molecular complexity index is 388. The first-order valence-electron chi connectivity index (χ1n) is 6.70. The fourth-order valence-corrected chi connectivity index (χ4v) is 2.20. The van der Waals surface area contributed by atoms with Gasteiger partial charge in [0, 0.05) is 12.1 Å². The highest BCUT2D eigenvalue weighted by Gasteiger charge is 2.31. The summed E-state index contributed by atoms with van der Waals surface area (Å²) in [6.45, 7) is 5.18. The highest BCUT2D eigenvalue weighted by atomic mass is 16.5. The van der Waals surface area contributed by atoms with E-state index >= 15 is 0 Å². The number of aliphatic hydroxyl groups is 1. The van der Waals surface area contributed by atoms with Crippen molar-refractivity contribution in [3.05, 3.63) is 29.8 Å². The van der Waals surface area contributed by atoms with E-state index in [0.717, 1.165) is 5.75 Å². The topological polar surface area (TPSA) is 41.5 Å². The second kappa shape index (κ2) is 5.72. The molecule has 1 atom stereocenters. The lowest BCUT2D eigenvalue weighted by molar-refractivity contribution is 0.0867. The normalized spacial score (nSPS) is 19.1. The molecule has 1 aliphatic carbocycles. The molecule has 2 rings (SSSR count). The lowest BCUT2D eigenvalue weighted by Crippen LogP contribution is -2.51. The van der Waals surface area contributed by atoms with Gasteiger partial charge in [0.2, 0.25) is 0 Å². The van der Waals surface area contributed by atoms with Crippen LogP contribution in [0.25, 0.3) is 0 Å². The largest absolute Gasteiger partial charge is 0.491 e. The van der Waals surface area contributed by atoms with Crippen molar-refractivity contribution in [2.75, 3.05) is 13.2 Å². The molecule has 1 aromatic rings. The zero-order valence-electron chi connectivity index (χ0n) is 11.3. The summed E-state index contributed by atoms with van der Waals surface area (Å²) in [5, 5.41) is 13.3. The third-order valence-corrected chi connectivity index (χ3v) is 3.65. The van der Waals surface area contributed by atoms with Gasteiger partial charge in [-0.2, -0.15) is 0 Å². The van der Waals surface area contributed by atoms with Crippen molar-refractivity contribution in [3.63, 3.8) is 0 Å². The van der Waals surface area contributed by atoms with Crippen molar-refractivity contribution in [2.24, 2.45) is 0 Å². The van der Waals surface area contributed by atoms with E-state index < -0.39 is 6.10 Å². The van der Waals surface area contributed by atoms with Gasteiger partial charge in [-0.15, -0.1) is 0 Å².